The van der Waals surface area contributed by atoms with E-state index in [-0.39, 0.29) is 22.0 Å². The second-order valence-corrected chi connectivity index (χ2v) is 9.63. The van der Waals surface area contributed by atoms with Gasteiger partial charge >= 0.3 is 0 Å². The van der Waals surface area contributed by atoms with Crippen molar-refractivity contribution in [1.82, 2.24) is 15.0 Å². The first-order valence-corrected chi connectivity index (χ1v) is 12.3. The van der Waals surface area contributed by atoms with E-state index in [0.29, 0.717) is 12.2 Å². The van der Waals surface area contributed by atoms with Crippen LogP contribution in [0, 0.1) is 13.8 Å². The molecule has 0 saturated carbocycles. The van der Waals surface area contributed by atoms with Gasteiger partial charge in [0.25, 0.3) is 15.9 Å². The van der Waals surface area contributed by atoms with Crippen LogP contribution in [0.25, 0.3) is 0 Å². The van der Waals surface area contributed by atoms with E-state index in [1.165, 1.54) is 25.4 Å². The van der Waals surface area contributed by atoms with Crippen molar-refractivity contribution >= 4 is 27.3 Å². The minimum Gasteiger partial charge on any atom is -0.495 e. The van der Waals surface area contributed by atoms with Gasteiger partial charge in [0.1, 0.15) is 10.6 Å². The van der Waals surface area contributed by atoms with Gasteiger partial charge in [-0.1, -0.05) is 53.7 Å². The Morgan fingerprint density at radius 2 is 1.71 bits per heavy atom. The molecule has 9 nitrogen and oxygen atoms in total. The highest BCUT2D eigenvalue weighted by molar-refractivity contribution is 7.92. The first kappa shape index (κ1) is 24.0. The number of ether oxygens (including phenoxy) is 1. The molecule has 1 aromatic heterocycles. The zero-order valence-corrected chi connectivity index (χ0v) is 20.3. The second-order valence-electron chi connectivity index (χ2n) is 7.98. The zero-order chi connectivity index (χ0) is 25.0. The van der Waals surface area contributed by atoms with Gasteiger partial charge in [0.15, 0.2) is 5.69 Å². The number of para-hydroxylation sites is 1. The summed E-state index contributed by atoms with van der Waals surface area (Å²) in [4.78, 5) is 12.6. The number of carbonyl (C=O) groups is 1. The average Bonchev–Trinajstić information content (AvgIpc) is 3.31. The normalized spacial score (nSPS) is 11.2. The summed E-state index contributed by atoms with van der Waals surface area (Å²) in [6.45, 7) is 4.11. The largest absolute Gasteiger partial charge is 0.495 e. The summed E-state index contributed by atoms with van der Waals surface area (Å²) >= 11 is 0. The minimum atomic E-state index is -4.01. The molecule has 0 radical (unpaired) electrons. The quantitative estimate of drug-likeness (QED) is 0.385. The number of methoxy groups -OCH3 is 1. The number of benzene rings is 3. The number of amides is 1. The van der Waals surface area contributed by atoms with Crippen LogP contribution in [0.1, 0.15) is 27.2 Å². The molecule has 10 heteroatoms. The standard InChI is InChI=1S/C25H25N5O4S/c1-17-8-7-9-18(2)24(17)28-35(32,33)23-14-20(12-13-22(23)34-3)26-25(31)21-16-30(29-27-21)15-19-10-5-4-6-11-19/h4-14,16,28H,15H2,1-3H3,(H,26,31). The van der Waals surface area contributed by atoms with Crippen LogP contribution in [0.2, 0.25) is 0 Å². The maximum atomic E-state index is 13.2. The molecule has 0 saturated heterocycles. The van der Waals surface area contributed by atoms with Crippen molar-refractivity contribution in [3.8, 4) is 5.75 Å². The van der Waals surface area contributed by atoms with Crippen molar-refractivity contribution < 1.29 is 17.9 Å². The van der Waals surface area contributed by atoms with Gasteiger partial charge in [0.05, 0.1) is 25.5 Å². The molecule has 0 bridgehead atoms. The molecule has 1 amide bonds. The lowest BCUT2D eigenvalue weighted by molar-refractivity contribution is 0.102. The monoisotopic (exact) mass is 491 g/mol. The number of carbonyl (C=O) groups excluding carboxylic acids is 1. The molecule has 0 fully saturated rings. The van der Waals surface area contributed by atoms with Gasteiger partial charge < -0.3 is 10.1 Å². The van der Waals surface area contributed by atoms with Crippen molar-refractivity contribution in [2.75, 3.05) is 17.1 Å². The summed E-state index contributed by atoms with van der Waals surface area (Å²) in [5.41, 5.74) is 3.47. The van der Waals surface area contributed by atoms with Gasteiger partial charge in [-0.25, -0.2) is 13.1 Å². The summed E-state index contributed by atoms with van der Waals surface area (Å²) in [5.74, 6) is -0.365. The number of aromatic nitrogens is 3. The van der Waals surface area contributed by atoms with E-state index in [4.69, 9.17) is 4.74 Å². The predicted octanol–water partition coefficient (Wildman–Crippen LogP) is 4.00. The highest BCUT2D eigenvalue weighted by atomic mass is 32.2. The third kappa shape index (κ3) is 5.49. The average molecular weight is 492 g/mol. The summed E-state index contributed by atoms with van der Waals surface area (Å²) in [7, 11) is -2.63. The van der Waals surface area contributed by atoms with E-state index < -0.39 is 15.9 Å². The Hall–Kier alpha value is -4.18. The molecule has 0 unspecified atom stereocenters. The molecule has 35 heavy (non-hydrogen) atoms. The van der Waals surface area contributed by atoms with E-state index in [9.17, 15) is 13.2 Å². The van der Waals surface area contributed by atoms with Crippen molar-refractivity contribution in [3.63, 3.8) is 0 Å². The molecule has 180 valence electrons. The number of rotatable bonds is 8. The maximum absolute atomic E-state index is 13.2. The number of aryl methyl sites for hydroxylation is 2. The fourth-order valence-corrected chi connectivity index (χ4v) is 4.97. The van der Waals surface area contributed by atoms with Crippen LogP contribution in [0.5, 0.6) is 5.75 Å². The molecule has 0 aliphatic heterocycles. The summed E-state index contributed by atoms with van der Waals surface area (Å²) < 4.78 is 36.0. The Morgan fingerprint density at radius 1 is 1.00 bits per heavy atom. The Balaban J connectivity index is 1.55. The third-order valence-electron chi connectivity index (χ3n) is 5.39. The number of hydrogen-bond acceptors (Lipinski definition) is 6. The lowest BCUT2D eigenvalue weighted by Crippen LogP contribution is -2.17. The first-order chi connectivity index (χ1) is 16.8. The first-order valence-electron chi connectivity index (χ1n) is 10.8. The highest BCUT2D eigenvalue weighted by Gasteiger charge is 2.23. The third-order valence-corrected chi connectivity index (χ3v) is 6.76. The number of sulfonamides is 1. The number of nitrogens with one attached hydrogen (secondary N) is 2. The summed E-state index contributed by atoms with van der Waals surface area (Å²) in [6, 6.07) is 19.6. The zero-order valence-electron chi connectivity index (χ0n) is 19.5. The molecule has 0 atom stereocenters. The van der Waals surface area contributed by atoms with Gasteiger partial charge in [-0.15, -0.1) is 5.10 Å². The number of anilines is 2. The second kappa shape index (κ2) is 9.98. The lowest BCUT2D eigenvalue weighted by atomic mass is 10.1. The number of hydrogen-bond donors (Lipinski definition) is 2. The van der Waals surface area contributed by atoms with Crippen molar-refractivity contribution in [2.45, 2.75) is 25.3 Å². The number of nitrogens with zero attached hydrogens (tertiary/aromatic N) is 3. The Labute approximate surface area is 203 Å². The van der Waals surface area contributed by atoms with E-state index in [2.05, 4.69) is 20.4 Å². The molecule has 3 aromatic carbocycles. The van der Waals surface area contributed by atoms with Crippen LogP contribution in [-0.4, -0.2) is 36.4 Å². The topological polar surface area (TPSA) is 115 Å². The minimum absolute atomic E-state index is 0.104. The van der Waals surface area contributed by atoms with E-state index >= 15 is 0 Å². The highest BCUT2D eigenvalue weighted by Crippen LogP contribution is 2.30. The van der Waals surface area contributed by atoms with Gasteiger partial charge in [-0.2, -0.15) is 0 Å². The van der Waals surface area contributed by atoms with Crippen LogP contribution in [0.3, 0.4) is 0 Å². The van der Waals surface area contributed by atoms with Crippen molar-refractivity contribution in [3.05, 3.63) is 95.3 Å². The van der Waals surface area contributed by atoms with E-state index in [1.54, 1.807) is 10.7 Å². The van der Waals surface area contributed by atoms with Gasteiger partial charge in [0, 0.05) is 5.69 Å². The van der Waals surface area contributed by atoms with Crippen LogP contribution >= 0.6 is 0 Å². The molecule has 4 rings (SSSR count). The van der Waals surface area contributed by atoms with Gasteiger partial charge in [0.2, 0.25) is 0 Å². The van der Waals surface area contributed by atoms with Crippen LogP contribution < -0.4 is 14.8 Å². The fourth-order valence-electron chi connectivity index (χ4n) is 3.57. The molecule has 1 heterocycles. The Bertz CT molecular complexity index is 1450. The molecule has 0 aliphatic rings. The maximum Gasteiger partial charge on any atom is 0.277 e. The van der Waals surface area contributed by atoms with Gasteiger partial charge in [-0.3, -0.25) is 9.52 Å². The van der Waals surface area contributed by atoms with E-state index in [1.807, 2.05) is 62.4 Å². The Morgan fingerprint density at radius 3 is 2.40 bits per heavy atom. The summed E-state index contributed by atoms with van der Waals surface area (Å²) in [6.07, 6.45) is 1.53. The van der Waals surface area contributed by atoms with Crippen LogP contribution in [0.4, 0.5) is 11.4 Å². The molecule has 2 N–H and O–H groups in total. The van der Waals surface area contributed by atoms with E-state index in [0.717, 1.165) is 16.7 Å². The fraction of sp³-hybridized carbons (Fsp3) is 0.160. The van der Waals surface area contributed by atoms with Gasteiger partial charge in [-0.05, 0) is 48.7 Å². The molecular weight excluding hydrogens is 466 g/mol. The molecule has 0 spiro atoms. The van der Waals surface area contributed by atoms with Crippen molar-refractivity contribution in [2.24, 2.45) is 0 Å². The van der Waals surface area contributed by atoms with Crippen LogP contribution in [0.15, 0.2) is 77.8 Å². The SMILES string of the molecule is COc1ccc(NC(=O)c2cn(Cc3ccccc3)nn2)cc1S(=O)(=O)Nc1c(C)cccc1C. The predicted molar refractivity (Wildman–Crippen MR) is 133 cm³/mol. The Kier molecular flexibility index (Phi) is 6.83. The smallest absolute Gasteiger partial charge is 0.277 e. The molecular formula is C25H25N5O4S. The van der Waals surface area contributed by atoms with Crippen LogP contribution in [-0.2, 0) is 16.6 Å². The van der Waals surface area contributed by atoms with Crippen molar-refractivity contribution in [1.29, 1.82) is 0 Å². The lowest BCUT2D eigenvalue weighted by Gasteiger charge is -2.16. The molecule has 0 aliphatic carbocycles. The molecule has 4 aromatic rings. The summed E-state index contributed by atoms with van der Waals surface area (Å²) in [5, 5.41) is 10.6.